The van der Waals surface area contributed by atoms with Gasteiger partial charge in [-0.1, -0.05) is 6.92 Å². The van der Waals surface area contributed by atoms with Crippen LogP contribution in [0.4, 0.5) is 0 Å². The minimum absolute atomic E-state index is 0.0438. The van der Waals surface area contributed by atoms with Gasteiger partial charge in [-0.3, -0.25) is 4.79 Å². The summed E-state index contributed by atoms with van der Waals surface area (Å²) in [6, 6.07) is 0. The van der Waals surface area contributed by atoms with Gasteiger partial charge in [0.2, 0.25) is 5.91 Å². The van der Waals surface area contributed by atoms with Gasteiger partial charge in [-0.2, -0.15) is 0 Å². The van der Waals surface area contributed by atoms with Crippen molar-refractivity contribution in [2.45, 2.75) is 45.1 Å². The molecule has 1 rings (SSSR count). The molecule has 1 aliphatic rings. The lowest BCUT2D eigenvalue weighted by molar-refractivity contribution is -0.128. The molecule has 0 radical (unpaired) electrons. The fourth-order valence-corrected chi connectivity index (χ4v) is 2.01. The number of ether oxygens (including phenoxy) is 1. The smallest absolute Gasteiger partial charge is 0.223 e. The molecule has 0 bridgehead atoms. The summed E-state index contributed by atoms with van der Waals surface area (Å²) in [5.74, 6) is 0.170. The van der Waals surface area contributed by atoms with Crippen LogP contribution >= 0.6 is 0 Å². The van der Waals surface area contributed by atoms with Crippen molar-refractivity contribution < 1.29 is 9.53 Å². The summed E-state index contributed by atoms with van der Waals surface area (Å²) in [7, 11) is 0. The zero-order chi connectivity index (χ0) is 12.0. The Morgan fingerprint density at radius 3 is 2.94 bits per heavy atom. The summed E-state index contributed by atoms with van der Waals surface area (Å²) in [4.78, 5) is 11.9. The third-order valence-electron chi connectivity index (χ3n) is 3.15. The molecule has 0 aliphatic carbocycles. The predicted octanol–water partition coefficient (Wildman–Crippen LogP) is 1.05. The quantitative estimate of drug-likeness (QED) is 0.739. The van der Waals surface area contributed by atoms with E-state index in [1.54, 1.807) is 0 Å². The molecule has 0 aromatic heterocycles. The average molecular weight is 228 g/mol. The van der Waals surface area contributed by atoms with E-state index in [0.717, 1.165) is 32.3 Å². The minimum Gasteiger partial charge on any atom is -0.379 e. The van der Waals surface area contributed by atoms with E-state index in [1.165, 1.54) is 0 Å². The fraction of sp³-hybridized carbons (Fsp3) is 0.917. The maximum Gasteiger partial charge on any atom is 0.223 e. The normalized spacial score (nSPS) is 27.4. The number of nitrogens with two attached hydrogens (primary N) is 1. The summed E-state index contributed by atoms with van der Waals surface area (Å²) >= 11 is 0. The number of hydrogen-bond donors (Lipinski definition) is 2. The Morgan fingerprint density at radius 1 is 1.62 bits per heavy atom. The zero-order valence-corrected chi connectivity index (χ0v) is 10.4. The molecular formula is C12H24N2O2. The topological polar surface area (TPSA) is 64.4 Å². The lowest BCUT2D eigenvalue weighted by Crippen LogP contribution is -2.52. The largest absolute Gasteiger partial charge is 0.379 e. The summed E-state index contributed by atoms with van der Waals surface area (Å²) in [5.41, 5.74) is 5.26. The van der Waals surface area contributed by atoms with Crippen LogP contribution in [0.2, 0.25) is 0 Å². The maximum absolute atomic E-state index is 11.9. The second-order valence-electron chi connectivity index (χ2n) is 5.04. The Bertz CT molecular complexity index is 225. The number of carbonyl (C=O) groups is 1. The van der Waals surface area contributed by atoms with E-state index >= 15 is 0 Å². The van der Waals surface area contributed by atoms with E-state index in [9.17, 15) is 4.79 Å². The number of rotatable bonds is 5. The molecule has 1 aliphatic heterocycles. The van der Waals surface area contributed by atoms with Crippen LogP contribution in [0.1, 0.15) is 39.5 Å². The van der Waals surface area contributed by atoms with Crippen molar-refractivity contribution in [2.75, 3.05) is 19.8 Å². The molecule has 16 heavy (non-hydrogen) atoms. The molecule has 0 saturated carbocycles. The first-order chi connectivity index (χ1) is 7.57. The molecule has 2 atom stereocenters. The van der Waals surface area contributed by atoms with E-state index in [4.69, 9.17) is 10.5 Å². The first kappa shape index (κ1) is 13.5. The van der Waals surface area contributed by atoms with Gasteiger partial charge in [0, 0.05) is 12.5 Å². The molecule has 94 valence electrons. The molecule has 4 nitrogen and oxygen atoms in total. The van der Waals surface area contributed by atoms with Gasteiger partial charge < -0.3 is 15.8 Å². The van der Waals surface area contributed by atoms with Crippen LogP contribution in [0.25, 0.3) is 0 Å². The third-order valence-corrected chi connectivity index (χ3v) is 3.15. The highest BCUT2D eigenvalue weighted by molar-refractivity contribution is 5.79. The molecule has 3 N–H and O–H groups in total. The highest BCUT2D eigenvalue weighted by Crippen LogP contribution is 2.19. The third kappa shape index (κ3) is 4.10. The average Bonchev–Trinajstić information content (AvgIpc) is 2.26. The molecule has 1 saturated heterocycles. The highest BCUT2D eigenvalue weighted by Gasteiger charge is 2.30. The van der Waals surface area contributed by atoms with Crippen molar-refractivity contribution in [2.24, 2.45) is 11.7 Å². The molecular weight excluding hydrogens is 204 g/mol. The van der Waals surface area contributed by atoms with Crippen molar-refractivity contribution in [3.8, 4) is 0 Å². The van der Waals surface area contributed by atoms with E-state index < -0.39 is 0 Å². The Hall–Kier alpha value is -0.610. The predicted molar refractivity (Wildman–Crippen MR) is 64.1 cm³/mol. The molecule has 0 aromatic rings. The van der Waals surface area contributed by atoms with Crippen LogP contribution in [0.3, 0.4) is 0 Å². The fourth-order valence-electron chi connectivity index (χ4n) is 2.01. The number of hydrogen-bond acceptors (Lipinski definition) is 3. The maximum atomic E-state index is 11.9. The number of carbonyl (C=O) groups excluding carboxylic acids is 1. The molecule has 4 heteroatoms. The first-order valence-electron chi connectivity index (χ1n) is 6.17. The van der Waals surface area contributed by atoms with E-state index in [1.807, 2.05) is 6.92 Å². The van der Waals surface area contributed by atoms with Gasteiger partial charge in [0.05, 0.1) is 12.1 Å². The van der Waals surface area contributed by atoms with E-state index in [2.05, 4.69) is 12.2 Å². The van der Waals surface area contributed by atoms with Gasteiger partial charge in [-0.25, -0.2) is 0 Å². The molecule has 2 unspecified atom stereocenters. The SMILES string of the molecule is CC(CCCN)C(=O)NC1(C)CCCOC1. The van der Waals surface area contributed by atoms with Crippen LogP contribution in [0, 0.1) is 5.92 Å². The Labute approximate surface area is 97.9 Å². The van der Waals surface area contributed by atoms with Crippen LogP contribution in [-0.2, 0) is 9.53 Å². The van der Waals surface area contributed by atoms with Gasteiger partial charge in [-0.05, 0) is 39.2 Å². The first-order valence-corrected chi connectivity index (χ1v) is 6.17. The van der Waals surface area contributed by atoms with Crippen LogP contribution in [-0.4, -0.2) is 31.2 Å². The van der Waals surface area contributed by atoms with E-state index in [0.29, 0.717) is 13.2 Å². The van der Waals surface area contributed by atoms with Crippen LogP contribution in [0.15, 0.2) is 0 Å². The van der Waals surface area contributed by atoms with Gasteiger partial charge >= 0.3 is 0 Å². The summed E-state index contributed by atoms with van der Waals surface area (Å²) in [6.07, 6.45) is 3.79. The molecule has 0 spiro atoms. The monoisotopic (exact) mass is 228 g/mol. The number of amides is 1. The van der Waals surface area contributed by atoms with Crippen molar-refractivity contribution >= 4 is 5.91 Å². The molecule has 1 heterocycles. The summed E-state index contributed by atoms with van der Waals surface area (Å²) in [6.45, 7) is 6.10. The van der Waals surface area contributed by atoms with Crippen molar-refractivity contribution in [1.29, 1.82) is 0 Å². The van der Waals surface area contributed by atoms with Gasteiger partial charge in [0.25, 0.3) is 0 Å². The van der Waals surface area contributed by atoms with Gasteiger partial charge in [-0.15, -0.1) is 0 Å². The Morgan fingerprint density at radius 2 is 2.38 bits per heavy atom. The summed E-state index contributed by atoms with van der Waals surface area (Å²) in [5, 5.41) is 3.10. The molecule has 1 amide bonds. The van der Waals surface area contributed by atoms with Crippen molar-refractivity contribution in [3.05, 3.63) is 0 Å². The van der Waals surface area contributed by atoms with E-state index in [-0.39, 0.29) is 17.4 Å². The lowest BCUT2D eigenvalue weighted by atomic mass is 9.93. The minimum atomic E-state index is -0.174. The molecule has 1 fully saturated rings. The second kappa shape index (κ2) is 6.21. The Kier molecular flexibility index (Phi) is 5.22. The Balaban J connectivity index is 2.36. The van der Waals surface area contributed by atoms with Gasteiger partial charge in [0.15, 0.2) is 0 Å². The molecule has 0 aromatic carbocycles. The zero-order valence-electron chi connectivity index (χ0n) is 10.4. The standard InChI is InChI=1S/C12H24N2O2/c1-10(5-3-7-13)11(15)14-12(2)6-4-8-16-9-12/h10H,3-9,13H2,1-2H3,(H,14,15). The van der Waals surface area contributed by atoms with Crippen LogP contribution < -0.4 is 11.1 Å². The second-order valence-corrected chi connectivity index (χ2v) is 5.04. The lowest BCUT2D eigenvalue weighted by Gasteiger charge is -2.35. The van der Waals surface area contributed by atoms with Gasteiger partial charge in [0.1, 0.15) is 0 Å². The summed E-state index contributed by atoms with van der Waals surface area (Å²) < 4.78 is 5.41. The number of nitrogens with one attached hydrogen (secondary N) is 1. The highest BCUT2D eigenvalue weighted by atomic mass is 16.5. The van der Waals surface area contributed by atoms with Crippen molar-refractivity contribution in [1.82, 2.24) is 5.32 Å². The van der Waals surface area contributed by atoms with Crippen LogP contribution in [0.5, 0.6) is 0 Å². The van der Waals surface area contributed by atoms with Crippen molar-refractivity contribution in [3.63, 3.8) is 0 Å².